The molecule has 0 N–H and O–H groups in total. The van der Waals surface area contributed by atoms with Gasteiger partial charge in [0, 0.05) is 5.39 Å². The summed E-state index contributed by atoms with van der Waals surface area (Å²) in [4.78, 5) is 6.77. The first-order chi connectivity index (χ1) is 34.7. The first-order valence-electron chi connectivity index (χ1n) is 22.2. The van der Waals surface area contributed by atoms with Crippen molar-refractivity contribution in [1.82, 2.24) is 0 Å². The second kappa shape index (κ2) is 22.9. The van der Waals surface area contributed by atoms with E-state index in [1.807, 2.05) is 36.4 Å². The average molecular weight is 1030 g/mol. The molecule has 0 bridgehead atoms. The number of rotatable bonds is 8. The fourth-order valence-corrected chi connectivity index (χ4v) is 13.6. The van der Waals surface area contributed by atoms with E-state index in [1.165, 1.54) is 35.4 Å². The van der Waals surface area contributed by atoms with Crippen molar-refractivity contribution in [3.8, 4) is 0 Å². The summed E-state index contributed by atoms with van der Waals surface area (Å²) in [6.07, 6.45) is -4.84. The summed E-state index contributed by atoms with van der Waals surface area (Å²) in [6.45, 7) is 0. The van der Waals surface area contributed by atoms with Crippen molar-refractivity contribution in [1.29, 1.82) is 0 Å². The molecule has 0 saturated carbocycles. The highest BCUT2D eigenvalue weighted by atomic mass is 32.2. The number of hydrogen-bond acceptors (Lipinski definition) is 6. The van der Waals surface area contributed by atoms with Crippen LogP contribution in [0.15, 0.2) is 300 Å². The van der Waals surface area contributed by atoms with Crippen LogP contribution in [-0.4, -0.2) is 25.9 Å². The molecule has 11 aromatic rings. The molecule has 0 heterocycles. The summed E-state index contributed by atoms with van der Waals surface area (Å²) in [5, 5.41) is 5.38. The van der Waals surface area contributed by atoms with Gasteiger partial charge in [-0.05, 0) is 118 Å². The van der Waals surface area contributed by atoms with Crippen molar-refractivity contribution in [3.63, 3.8) is 0 Å². The normalized spacial score (nSPS) is 11.6. The molecule has 0 aromatic heterocycles. The Morgan fingerprint density at radius 3 is 0.917 bits per heavy atom. The molecule has 0 aliphatic heterocycles. The molecule has 0 unspecified atom stereocenters. The molecule has 72 heavy (non-hydrogen) atoms. The van der Waals surface area contributed by atoms with Crippen LogP contribution in [0.1, 0.15) is 5.56 Å². The Morgan fingerprint density at radius 1 is 0.306 bits per heavy atom. The Bertz CT molecular complexity index is 3400. The van der Waals surface area contributed by atoms with E-state index in [2.05, 4.69) is 182 Å². The van der Waals surface area contributed by atoms with Crippen LogP contribution in [0.4, 0.5) is 13.2 Å². The van der Waals surface area contributed by atoms with Crippen molar-refractivity contribution >= 4 is 74.3 Å². The molecule has 11 aromatic carbocycles. The molecule has 0 saturated heterocycles. The van der Waals surface area contributed by atoms with E-state index >= 15 is 0 Å². The predicted molar refractivity (Wildman–Crippen MR) is 280 cm³/mol. The molecule has 0 aliphatic carbocycles. The molecule has 0 spiro atoms. The minimum atomic E-state index is -5.09. The zero-order chi connectivity index (χ0) is 50.7. The van der Waals surface area contributed by atoms with Gasteiger partial charge in [0.15, 0.2) is 29.4 Å². The molecule has 0 atom stereocenters. The molecular formula is C59H43F3O6S4. The van der Waals surface area contributed by atoms with Gasteiger partial charge in [0.25, 0.3) is 0 Å². The standard InChI is InChI=1S/2C18H15S.C16H10O3S.C7H5F3O3S/c2*1-4-10-16(11-5-1)19(17-12-6-2-7-13-17)18-14-8-3-9-15-18;17-20(18,19)14-9-7-12-5-4-10-2-1-3-11-6-8-13(14)16(12)15(10)11;8-7(9,10)5-3-1-2-4-6(5)14(11,12)13/h2*1-15H;1-9H,(H,17,18,19);1-4H,(H,11,12,13)/q2*+1;;/p-2. The summed E-state index contributed by atoms with van der Waals surface area (Å²) in [5.74, 6) is 0. The van der Waals surface area contributed by atoms with Crippen molar-refractivity contribution in [3.05, 3.63) is 266 Å². The number of benzene rings is 11. The van der Waals surface area contributed by atoms with E-state index in [9.17, 15) is 39.1 Å². The first-order valence-corrected chi connectivity index (χ1v) is 27.5. The van der Waals surface area contributed by atoms with Crippen LogP contribution in [0, 0.1) is 0 Å². The summed E-state index contributed by atoms with van der Waals surface area (Å²) in [5.41, 5.74) is -1.44. The fourth-order valence-electron chi connectivity index (χ4n) is 8.00. The lowest BCUT2D eigenvalue weighted by Crippen LogP contribution is -2.12. The summed E-state index contributed by atoms with van der Waals surface area (Å²) in [6, 6.07) is 84.1. The second-order valence-corrected chi connectivity index (χ2v) is 22.6. The minimum absolute atomic E-state index is 0.0146. The molecule has 11 rings (SSSR count). The monoisotopic (exact) mass is 1030 g/mol. The molecule has 6 nitrogen and oxygen atoms in total. The van der Waals surface area contributed by atoms with Crippen LogP contribution in [0.3, 0.4) is 0 Å². The third-order valence-electron chi connectivity index (χ3n) is 11.1. The lowest BCUT2D eigenvalue weighted by molar-refractivity contribution is -0.140. The van der Waals surface area contributed by atoms with E-state index in [0.717, 1.165) is 39.1 Å². The summed E-state index contributed by atoms with van der Waals surface area (Å²) < 4.78 is 102. The Balaban J connectivity index is 0.000000130. The lowest BCUT2D eigenvalue weighted by atomic mass is 9.94. The van der Waals surface area contributed by atoms with Gasteiger partial charge in [-0.25, -0.2) is 16.8 Å². The SMILES string of the molecule is O=S(=O)([O-])c1ccc2ccc3cccc4ccc1c2c34.O=S(=O)([O-])c1ccccc1C(F)(F)F.c1ccc([S+](c2ccccc2)c2ccccc2)cc1.c1ccc([S+](c2ccccc2)c2ccccc2)cc1. The van der Waals surface area contributed by atoms with Crippen LogP contribution in [0.2, 0.25) is 0 Å². The Labute approximate surface area is 422 Å². The maximum Gasteiger partial charge on any atom is 0.417 e. The van der Waals surface area contributed by atoms with Crippen LogP contribution >= 0.6 is 0 Å². The summed E-state index contributed by atoms with van der Waals surface area (Å²) >= 11 is 0. The third kappa shape index (κ3) is 12.4. The molecule has 0 amide bonds. The van der Waals surface area contributed by atoms with E-state index in [-0.39, 0.29) is 26.7 Å². The number of alkyl halides is 3. The highest BCUT2D eigenvalue weighted by Crippen LogP contribution is 2.38. The number of hydrogen-bond donors (Lipinski definition) is 0. The van der Waals surface area contributed by atoms with E-state index in [4.69, 9.17) is 0 Å². The molecule has 13 heteroatoms. The van der Waals surface area contributed by atoms with Crippen LogP contribution in [0.25, 0.3) is 32.3 Å². The van der Waals surface area contributed by atoms with E-state index in [1.54, 1.807) is 12.1 Å². The van der Waals surface area contributed by atoms with Gasteiger partial charge < -0.3 is 9.11 Å². The second-order valence-electron chi connectivity index (χ2n) is 15.8. The van der Waals surface area contributed by atoms with Crippen LogP contribution in [0.5, 0.6) is 0 Å². The predicted octanol–water partition coefficient (Wildman–Crippen LogP) is 14.7. The van der Waals surface area contributed by atoms with Gasteiger partial charge in [-0.2, -0.15) is 13.2 Å². The smallest absolute Gasteiger partial charge is 0.417 e. The van der Waals surface area contributed by atoms with E-state index in [0.29, 0.717) is 17.5 Å². The van der Waals surface area contributed by atoms with Gasteiger partial charge in [0.05, 0.1) is 37.1 Å². The minimum Gasteiger partial charge on any atom is -0.744 e. The quantitative estimate of drug-likeness (QED) is 0.0851. The first kappa shape index (κ1) is 51.1. The molecular weight excluding hydrogens is 990 g/mol. The van der Waals surface area contributed by atoms with Gasteiger partial charge in [-0.1, -0.05) is 170 Å². The van der Waals surface area contributed by atoms with E-state index < -0.39 is 36.9 Å². The van der Waals surface area contributed by atoms with Gasteiger partial charge in [0.1, 0.15) is 20.2 Å². The topological polar surface area (TPSA) is 114 Å². The zero-order valence-corrected chi connectivity index (χ0v) is 41.3. The maximum atomic E-state index is 12.2. The van der Waals surface area contributed by atoms with Gasteiger partial charge in [0.2, 0.25) is 0 Å². The van der Waals surface area contributed by atoms with Crippen molar-refractivity contribution in [2.75, 3.05) is 0 Å². The molecule has 0 aliphatic rings. The number of halogens is 3. The Morgan fingerprint density at radius 2 is 0.597 bits per heavy atom. The molecule has 360 valence electrons. The third-order valence-corrected chi connectivity index (χ3v) is 17.3. The molecule has 0 radical (unpaired) electrons. The van der Waals surface area contributed by atoms with Crippen molar-refractivity contribution < 1.29 is 39.1 Å². The van der Waals surface area contributed by atoms with Crippen molar-refractivity contribution in [2.45, 2.75) is 45.3 Å². The zero-order valence-electron chi connectivity index (χ0n) is 38.0. The van der Waals surface area contributed by atoms with Gasteiger partial charge in [-0.3, -0.25) is 0 Å². The fraction of sp³-hybridized carbons (Fsp3) is 0.0169. The Hall–Kier alpha value is -7.23. The highest BCUT2D eigenvalue weighted by Gasteiger charge is 2.35. The maximum absolute atomic E-state index is 12.2. The average Bonchev–Trinajstić information content (AvgIpc) is 3.40. The Kier molecular flexibility index (Phi) is 16.3. The van der Waals surface area contributed by atoms with Crippen LogP contribution in [-0.2, 0) is 48.2 Å². The van der Waals surface area contributed by atoms with Crippen molar-refractivity contribution in [2.24, 2.45) is 0 Å². The van der Waals surface area contributed by atoms with Gasteiger partial charge in [-0.15, -0.1) is 0 Å². The van der Waals surface area contributed by atoms with Gasteiger partial charge >= 0.3 is 6.18 Å². The lowest BCUT2D eigenvalue weighted by Gasteiger charge is -2.15. The summed E-state index contributed by atoms with van der Waals surface area (Å²) in [7, 11) is -9.59. The molecule has 0 fully saturated rings. The van der Waals surface area contributed by atoms with Crippen LogP contribution < -0.4 is 0 Å². The largest absolute Gasteiger partial charge is 0.744 e. The highest BCUT2D eigenvalue weighted by molar-refractivity contribution is 7.97.